The van der Waals surface area contributed by atoms with Crippen LogP contribution in [0.2, 0.25) is 0 Å². The average molecular weight is 249 g/mol. The quantitative estimate of drug-likeness (QED) is 0.869. The summed E-state index contributed by atoms with van der Waals surface area (Å²) in [5, 5.41) is 2.86. The number of hydrogen-bond donors (Lipinski definition) is 1. The highest BCUT2D eigenvalue weighted by Crippen LogP contribution is 2.26. The van der Waals surface area contributed by atoms with Gasteiger partial charge in [-0.2, -0.15) is 13.2 Å². The second-order valence-corrected chi connectivity index (χ2v) is 3.41. The summed E-state index contributed by atoms with van der Waals surface area (Å²) in [5.41, 5.74) is 0.651. The van der Waals surface area contributed by atoms with Gasteiger partial charge in [-0.15, -0.1) is 0 Å². The Morgan fingerprint density at radius 2 is 2.00 bits per heavy atom. The molecule has 0 aliphatic carbocycles. The number of hydrogen-bond acceptors (Lipinski definition) is 3. The molecule has 0 aliphatic heterocycles. The van der Waals surface area contributed by atoms with Crippen molar-refractivity contribution < 1.29 is 22.6 Å². The fraction of sp³-hybridized carbons (Fsp3) is 0.455. The van der Waals surface area contributed by atoms with E-state index in [0.717, 1.165) is 0 Å². The van der Waals surface area contributed by atoms with Crippen molar-refractivity contribution in [3.63, 3.8) is 0 Å². The number of nitrogens with one attached hydrogen (secondary N) is 1. The third kappa shape index (κ3) is 4.52. The molecule has 1 aromatic carbocycles. The van der Waals surface area contributed by atoms with Gasteiger partial charge in [0.1, 0.15) is 11.5 Å². The molecule has 0 heterocycles. The van der Waals surface area contributed by atoms with Crippen molar-refractivity contribution in [3.8, 4) is 11.5 Å². The van der Waals surface area contributed by atoms with Crippen LogP contribution in [0.4, 0.5) is 13.2 Å². The monoisotopic (exact) mass is 249 g/mol. The summed E-state index contributed by atoms with van der Waals surface area (Å²) in [5.74, 6) is 0.637. The molecule has 1 rings (SSSR count). The van der Waals surface area contributed by atoms with Gasteiger partial charge in [-0.1, -0.05) is 6.07 Å². The fourth-order valence-corrected chi connectivity index (χ4v) is 1.29. The molecular weight excluding hydrogens is 235 g/mol. The highest BCUT2D eigenvalue weighted by Gasteiger charge is 2.28. The summed E-state index contributed by atoms with van der Waals surface area (Å²) < 4.78 is 45.9. The second-order valence-electron chi connectivity index (χ2n) is 3.41. The lowest BCUT2D eigenvalue weighted by atomic mass is 10.2. The van der Waals surface area contributed by atoms with Gasteiger partial charge in [0.05, 0.1) is 7.11 Å². The number of methoxy groups -OCH3 is 1. The molecule has 0 spiro atoms. The molecule has 6 heteroatoms. The Balaban J connectivity index is 2.85. The third-order valence-electron chi connectivity index (χ3n) is 2.03. The van der Waals surface area contributed by atoms with E-state index in [9.17, 15) is 13.2 Å². The molecule has 3 nitrogen and oxygen atoms in total. The number of ether oxygens (including phenoxy) is 2. The van der Waals surface area contributed by atoms with E-state index in [-0.39, 0.29) is 5.75 Å². The SMILES string of the molecule is CNCc1ccc(OC)cc1OCC(F)(F)F. The van der Waals surface area contributed by atoms with Crippen LogP contribution < -0.4 is 14.8 Å². The molecule has 0 saturated carbocycles. The maximum Gasteiger partial charge on any atom is 0.422 e. The zero-order valence-corrected chi connectivity index (χ0v) is 9.60. The van der Waals surface area contributed by atoms with Gasteiger partial charge in [0.2, 0.25) is 0 Å². The van der Waals surface area contributed by atoms with E-state index in [4.69, 9.17) is 9.47 Å². The Morgan fingerprint density at radius 3 is 2.53 bits per heavy atom. The highest BCUT2D eigenvalue weighted by molar-refractivity contribution is 5.40. The summed E-state index contributed by atoms with van der Waals surface area (Å²) in [4.78, 5) is 0. The molecule has 96 valence electrons. The fourth-order valence-electron chi connectivity index (χ4n) is 1.29. The zero-order chi connectivity index (χ0) is 12.9. The van der Waals surface area contributed by atoms with E-state index in [1.807, 2.05) is 0 Å². The van der Waals surface area contributed by atoms with Crippen molar-refractivity contribution in [2.45, 2.75) is 12.7 Å². The highest BCUT2D eigenvalue weighted by atomic mass is 19.4. The van der Waals surface area contributed by atoms with Crippen molar-refractivity contribution in [1.29, 1.82) is 0 Å². The molecule has 0 aromatic heterocycles. The van der Waals surface area contributed by atoms with Gasteiger partial charge < -0.3 is 14.8 Å². The van der Waals surface area contributed by atoms with Gasteiger partial charge in [0, 0.05) is 18.2 Å². The van der Waals surface area contributed by atoms with Gasteiger partial charge in [0.25, 0.3) is 0 Å². The normalized spacial score (nSPS) is 11.4. The van der Waals surface area contributed by atoms with Crippen LogP contribution in [0.3, 0.4) is 0 Å². The molecule has 0 atom stereocenters. The predicted molar refractivity (Wildman–Crippen MR) is 57.3 cm³/mol. The van der Waals surface area contributed by atoms with Crippen LogP contribution in [-0.2, 0) is 6.54 Å². The van der Waals surface area contributed by atoms with Gasteiger partial charge in [-0.05, 0) is 13.1 Å². The van der Waals surface area contributed by atoms with Crippen LogP contribution in [0.15, 0.2) is 18.2 Å². The molecule has 0 radical (unpaired) electrons. The first kappa shape index (κ1) is 13.6. The smallest absolute Gasteiger partial charge is 0.422 e. The lowest BCUT2D eigenvalue weighted by Gasteiger charge is -2.14. The second kappa shape index (κ2) is 5.77. The summed E-state index contributed by atoms with van der Waals surface area (Å²) in [6, 6.07) is 4.78. The molecule has 0 bridgehead atoms. The zero-order valence-electron chi connectivity index (χ0n) is 9.60. The van der Waals surface area contributed by atoms with E-state index >= 15 is 0 Å². The predicted octanol–water partition coefficient (Wildman–Crippen LogP) is 2.36. The summed E-state index contributed by atoms with van der Waals surface area (Å²) in [6.07, 6.45) is -4.35. The van der Waals surface area contributed by atoms with Gasteiger partial charge >= 0.3 is 6.18 Å². The molecule has 0 aliphatic rings. The van der Waals surface area contributed by atoms with Crippen molar-refractivity contribution in [1.82, 2.24) is 5.32 Å². The van der Waals surface area contributed by atoms with Crippen molar-refractivity contribution in [2.75, 3.05) is 20.8 Å². The minimum atomic E-state index is -4.35. The summed E-state index contributed by atoms with van der Waals surface area (Å²) in [6.45, 7) is -0.881. The van der Waals surface area contributed by atoms with Crippen LogP contribution >= 0.6 is 0 Å². The summed E-state index contributed by atoms with van der Waals surface area (Å²) >= 11 is 0. The Bertz CT molecular complexity index is 366. The van der Waals surface area contributed by atoms with Gasteiger partial charge in [-0.25, -0.2) is 0 Å². The average Bonchev–Trinajstić information content (AvgIpc) is 2.27. The first-order valence-electron chi connectivity index (χ1n) is 4.97. The molecule has 0 amide bonds. The lowest BCUT2D eigenvalue weighted by Crippen LogP contribution is -2.20. The van der Waals surface area contributed by atoms with E-state index < -0.39 is 12.8 Å². The molecule has 17 heavy (non-hydrogen) atoms. The third-order valence-corrected chi connectivity index (χ3v) is 2.03. The molecule has 0 unspecified atom stereocenters. The van der Waals surface area contributed by atoms with Crippen molar-refractivity contribution >= 4 is 0 Å². The minimum absolute atomic E-state index is 0.177. The number of halogens is 3. The molecular formula is C11H14F3NO2. The van der Waals surface area contributed by atoms with Gasteiger partial charge in [0.15, 0.2) is 6.61 Å². The molecule has 0 saturated heterocycles. The Kier molecular flexibility index (Phi) is 4.62. The van der Waals surface area contributed by atoms with Crippen LogP contribution in [0, 0.1) is 0 Å². The van der Waals surface area contributed by atoms with E-state index in [0.29, 0.717) is 17.9 Å². The maximum atomic E-state index is 12.1. The Morgan fingerprint density at radius 1 is 1.29 bits per heavy atom. The molecule has 0 fully saturated rings. The minimum Gasteiger partial charge on any atom is -0.497 e. The van der Waals surface area contributed by atoms with Crippen molar-refractivity contribution in [3.05, 3.63) is 23.8 Å². The lowest BCUT2D eigenvalue weighted by molar-refractivity contribution is -0.153. The Labute approximate surface area is 97.5 Å². The summed E-state index contributed by atoms with van der Waals surface area (Å²) in [7, 11) is 3.15. The Hall–Kier alpha value is -1.43. The number of benzene rings is 1. The largest absolute Gasteiger partial charge is 0.497 e. The first-order chi connectivity index (χ1) is 7.96. The number of rotatable bonds is 5. The van der Waals surface area contributed by atoms with E-state index in [2.05, 4.69) is 5.32 Å². The molecule has 1 N–H and O–H groups in total. The van der Waals surface area contributed by atoms with E-state index in [1.165, 1.54) is 13.2 Å². The van der Waals surface area contributed by atoms with Crippen molar-refractivity contribution in [2.24, 2.45) is 0 Å². The molecule has 1 aromatic rings. The van der Waals surface area contributed by atoms with Crippen LogP contribution in [0.1, 0.15) is 5.56 Å². The van der Waals surface area contributed by atoms with Gasteiger partial charge in [-0.3, -0.25) is 0 Å². The maximum absolute atomic E-state index is 12.1. The number of alkyl halides is 3. The standard InChI is InChI=1S/C11H14F3NO2/c1-15-6-8-3-4-9(16-2)5-10(8)17-7-11(12,13)14/h3-5,15H,6-7H2,1-2H3. The van der Waals surface area contributed by atoms with Crippen LogP contribution in [-0.4, -0.2) is 26.9 Å². The van der Waals surface area contributed by atoms with E-state index in [1.54, 1.807) is 19.2 Å². The topological polar surface area (TPSA) is 30.5 Å². The first-order valence-corrected chi connectivity index (χ1v) is 4.97. The van der Waals surface area contributed by atoms with Crippen LogP contribution in [0.5, 0.6) is 11.5 Å². The van der Waals surface area contributed by atoms with Crippen LogP contribution in [0.25, 0.3) is 0 Å².